The fourth-order valence-corrected chi connectivity index (χ4v) is 1.98. The molecule has 1 rings (SSSR count). The number of aliphatic hydroxyl groups is 1. The molecule has 0 aromatic heterocycles. The molecule has 6 heteroatoms. The highest BCUT2D eigenvalue weighted by molar-refractivity contribution is 9.10. The van der Waals surface area contributed by atoms with Gasteiger partial charge < -0.3 is 20.0 Å². The van der Waals surface area contributed by atoms with E-state index in [1.807, 2.05) is 19.1 Å². The van der Waals surface area contributed by atoms with Crippen LogP contribution in [0.5, 0.6) is 11.5 Å². The van der Waals surface area contributed by atoms with Gasteiger partial charge in [0.15, 0.2) is 11.5 Å². The minimum absolute atomic E-state index is 0.0494. The number of nitrogens with one attached hydrogen (secondary N) is 1. The summed E-state index contributed by atoms with van der Waals surface area (Å²) in [5.41, 5.74) is 3.59. The molecule has 0 fully saturated rings. The van der Waals surface area contributed by atoms with Gasteiger partial charge in [-0.05, 0) is 40.5 Å². The highest BCUT2D eigenvalue weighted by atomic mass is 79.9. The molecule has 0 bridgehead atoms. The number of hydrogen-bond acceptors (Lipinski definition) is 5. The predicted octanol–water partition coefficient (Wildman–Crippen LogP) is 1.77. The van der Waals surface area contributed by atoms with Gasteiger partial charge >= 0.3 is 0 Å². The quantitative estimate of drug-likeness (QED) is 0.457. The van der Waals surface area contributed by atoms with E-state index in [0.29, 0.717) is 24.7 Å². The highest BCUT2D eigenvalue weighted by Gasteiger charge is 2.10. The lowest BCUT2D eigenvalue weighted by Crippen LogP contribution is -2.11. The van der Waals surface area contributed by atoms with Gasteiger partial charge in [0.2, 0.25) is 0 Å². The lowest BCUT2D eigenvalue weighted by atomic mass is 10.2. The maximum Gasteiger partial charge on any atom is 0.174 e. The molecule has 0 spiro atoms. The summed E-state index contributed by atoms with van der Waals surface area (Å²) >= 11 is 3.42. The largest absolute Gasteiger partial charge is 0.492 e. The highest BCUT2D eigenvalue weighted by Crippen LogP contribution is 2.36. The monoisotopic (exact) mass is 316 g/mol. The Hall–Kier alpha value is -1.27. The third-order valence-electron chi connectivity index (χ3n) is 2.06. The zero-order chi connectivity index (χ0) is 13.4. The first kappa shape index (κ1) is 14.8. The van der Waals surface area contributed by atoms with Crippen LogP contribution in [0.25, 0.3) is 0 Å². The summed E-state index contributed by atoms with van der Waals surface area (Å²) in [4.78, 5) is 0. The molecule has 0 atom stereocenters. The van der Waals surface area contributed by atoms with Gasteiger partial charge in [-0.2, -0.15) is 5.10 Å². The van der Waals surface area contributed by atoms with E-state index < -0.39 is 0 Å². The Morgan fingerprint density at radius 2 is 2.28 bits per heavy atom. The number of hydrazone groups is 1. The van der Waals surface area contributed by atoms with Crippen molar-refractivity contribution < 1.29 is 14.6 Å². The number of halogens is 1. The summed E-state index contributed by atoms with van der Waals surface area (Å²) in [5, 5.41) is 12.6. The van der Waals surface area contributed by atoms with Gasteiger partial charge in [-0.25, -0.2) is 0 Å². The topological polar surface area (TPSA) is 63.1 Å². The minimum atomic E-state index is 0.0494. The molecule has 1 aromatic rings. The van der Waals surface area contributed by atoms with Crippen molar-refractivity contribution in [2.24, 2.45) is 5.10 Å². The Labute approximate surface area is 115 Å². The minimum Gasteiger partial charge on any atom is -0.492 e. The maximum atomic E-state index is 8.61. The molecule has 18 heavy (non-hydrogen) atoms. The van der Waals surface area contributed by atoms with Crippen molar-refractivity contribution in [1.29, 1.82) is 0 Å². The smallest absolute Gasteiger partial charge is 0.174 e. The molecule has 0 aliphatic carbocycles. The van der Waals surface area contributed by atoms with E-state index in [1.165, 1.54) is 0 Å². The molecule has 100 valence electrons. The normalized spacial score (nSPS) is 10.7. The van der Waals surface area contributed by atoms with Gasteiger partial charge in [0, 0.05) is 0 Å². The van der Waals surface area contributed by atoms with E-state index in [-0.39, 0.29) is 6.61 Å². The van der Waals surface area contributed by atoms with Gasteiger partial charge in [0.1, 0.15) is 0 Å². The van der Waals surface area contributed by atoms with Crippen LogP contribution in [0.2, 0.25) is 0 Å². The third kappa shape index (κ3) is 4.19. The first-order valence-electron chi connectivity index (χ1n) is 5.60. The Morgan fingerprint density at radius 3 is 2.89 bits per heavy atom. The fraction of sp³-hybridized carbons (Fsp3) is 0.417. The molecular weight excluding hydrogens is 300 g/mol. The summed E-state index contributed by atoms with van der Waals surface area (Å²) in [7, 11) is 1.60. The molecule has 5 nitrogen and oxygen atoms in total. The zero-order valence-electron chi connectivity index (χ0n) is 10.4. The van der Waals surface area contributed by atoms with Crippen molar-refractivity contribution in [1.82, 2.24) is 5.43 Å². The summed E-state index contributed by atoms with van der Waals surface area (Å²) < 4.78 is 11.6. The lowest BCUT2D eigenvalue weighted by molar-refractivity contribution is 0.294. The van der Waals surface area contributed by atoms with Crippen LogP contribution in [0.3, 0.4) is 0 Å². The maximum absolute atomic E-state index is 8.61. The molecule has 0 radical (unpaired) electrons. The fourth-order valence-electron chi connectivity index (χ4n) is 1.36. The van der Waals surface area contributed by atoms with E-state index in [2.05, 4.69) is 26.5 Å². The van der Waals surface area contributed by atoms with Gasteiger partial charge in [0.25, 0.3) is 0 Å². The number of aliphatic hydroxyl groups excluding tert-OH is 1. The van der Waals surface area contributed by atoms with Crippen molar-refractivity contribution in [2.45, 2.75) is 6.92 Å². The predicted molar refractivity (Wildman–Crippen MR) is 74.5 cm³/mol. The van der Waals surface area contributed by atoms with E-state index in [0.717, 1.165) is 10.0 Å². The molecule has 0 saturated carbocycles. The van der Waals surface area contributed by atoms with Gasteiger partial charge in [-0.15, -0.1) is 0 Å². The van der Waals surface area contributed by atoms with Crippen LogP contribution in [0.1, 0.15) is 12.5 Å². The van der Waals surface area contributed by atoms with Gasteiger partial charge in [-0.3, -0.25) is 0 Å². The zero-order valence-corrected chi connectivity index (χ0v) is 12.0. The molecule has 0 amide bonds. The molecular formula is C12H17BrN2O3. The third-order valence-corrected chi connectivity index (χ3v) is 2.65. The summed E-state index contributed by atoms with van der Waals surface area (Å²) in [6, 6.07) is 3.72. The second-order valence-electron chi connectivity index (χ2n) is 3.36. The molecule has 0 aliphatic rings. The van der Waals surface area contributed by atoms with Crippen LogP contribution in [-0.4, -0.2) is 38.2 Å². The SMILES string of the molecule is CCOc1cc(C=NNCCO)cc(Br)c1OC. The Kier molecular flexibility index (Phi) is 6.53. The van der Waals surface area contributed by atoms with Crippen molar-refractivity contribution in [3.05, 3.63) is 22.2 Å². The van der Waals surface area contributed by atoms with Crippen molar-refractivity contribution in [2.75, 3.05) is 26.9 Å². The Bertz CT molecular complexity index is 411. The van der Waals surface area contributed by atoms with Crippen LogP contribution in [0, 0.1) is 0 Å². The van der Waals surface area contributed by atoms with Crippen molar-refractivity contribution in [3.8, 4) is 11.5 Å². The van der Waals surface area contributed by atoms with Crippen LogP contribution < -0.4 is 14.9 Å². The van der Waals surface area contributed by atoms with E-state index >= 15 is 0 Å². The van der Waals surface area contributed by atoms with Crippen LogP contribution in [0.15, 0.2) is 21.7 Å². The standard InChI is InChI=1S/C12H17BrN2O3/c1-3-18-11-7-9(8-15-14-4-5-16)6-10(13)12(11)17-2/h6-8,14,16H,3-5H2,1-2H3. The van der Waals surface area contributed by atoms with Gasteiger partial charge in [0.05, 0.1) is 37.6 Å². The Balaban J connectivity index is 2.90. The average molecular weight is 317 g/mol. The Morgan fingerprint density at radius 1 is 1.50 bits per heavy atom. The molecule has 0 aliphatic heterocycles. The second kappa shape index (κ2) is 7.94. The molecule has 0 heterocycles. The molecule has 1 aromatic carbocycles. The van der Waals surface area contributed by atoms with E-state index in [4.69, 9.17) is 14.6 Å². The summed E-state index contributed by atoms with van der Waals surface area (Å²) in [6.45, 7) is 2.95. The number of nitrogens with zero attached hydrogens (tertiary/aromatic N) is 1. The van der Waals surface area contributed by atoms with Crippen molar-refractivity contribution in [3.63, 3.8) is 0 Å². The average Bonchev–Trinajstić information content (AvgIpc) is 2.35. The van der Waals surface area contributed by atoms with Crippen molar-refractivity contribution >= 4 is 22.1 Å². The molecule has 0 saturated heterocycles. The van der Waals surface area contributed by atoms with E-state index in [9.17, 15) is 0 Å². The number of ether oxygens (including phenoxy) is 2. The number of hydrogen-bond donors (Lipinski definition) is 2. The number of benzene rings is 1. The van der Waals surface area contributed by atoms with E-state index in [1.54, 1.807) is 13.3 Å². The van der Waals surface area contributed by atoms with Crippen LogP contribution >= 0.6 is 15.9 Å². The molecule has 0 unspecified atom stereocenters. The molecule has 2 N–H and O–H groups in total. The first-order valence-corrected chi connectivity index (χ1v) is 6.39. The summed E-state index contributed by atoms with van der Waals surface area (Å²) in [6.07, 6.45) is 1.66. The van der Waals surface area contributed by atoms with Gasteiger partial charge in [-0.1, -0.05) is 0 Å². The van der Waals surface area contributed by atoms with Crippen LogP contribution in [-0.2, 0) is 0 Å². The van der Waals surface area contributed by atoms with Crippen LogP contribution in [0.4, 0.5) is 0 Å². The first-order chi connectivity index (χ1) is 8.72. The second-order valence-corrected chi connectivity index (χ2v) is 4.21. The number of rotatable bonds is 7. The number of methoxy groups -OCH3 is 1. The lowest BCUT2D eigenvalue weighted by Gasteiger charge is -2.11. The summed E-state index contributed by atoms with van der Waals surface area (Å²) in [5.74, 6) is 1.33.